The second kappa shape index (κ2) is 11.0. The molecule has 0 saturated carbocycles. The van der Waals surface area contributed by atoms with Crippen LogP contribution in [0.25, 0.3) is 16.9 Å². The van der Waals surface area contributed by atoms with Crippen LogP contribution in [0.3, 0.4) is 0 Å². The Labute approximate surface area is 226 Å². The number of benzene rings is 2. The van der Waals surface area contributed by atoms with Crippen LogP contribution in [0.4, 0.5) is 5.69 Å². The number of aromatic nitrogens is 3. The lowest BCUT2D eigenvalue weighted by atomic mass is 10.1. The first-order valence-corrected chi connectivity index (χ1v) is 12.9. The molecule has 0 spiro atoms. The third kappa shape index (κ3) is 5.09. The molecule has 0 unspecified atom stereocenters. The summed E-state index contributed by atoms with van der Waals surface area (Å²) in [6, 6.07) is 17.4. The van der Waals surface area contributed by atoms with Crippen molar-refractivity contribution in [2.75, 3.05) is 44.8 Å². The zero-order valence-electron chi connectivity index (χ0n) is 22.5. The number of ether oxygens (including phenoxy) is 2. The van der Waals surface area contributed by atoms with Crippen molar-refractivity contribution < 1.29 is 23.6 Å². The van der Waals surface area contributed by atoms with E-state index in [0.29, 0.717) is 54.6 Å². The van der Waals surface area contributed by atoms with Crippen LogP contribution < -0.4 is 9.64 Å². The highest BCUT2D eigenvalue weighted by molar-refractivity contribution is 5.96. The van der Waals surface area contributed by atoms with Crippen molar-refractivity contribution in [2.45, 2.75) is 20.8 Å². The number of esters is 1. The molecular formula is C29H31N5O5. The molecule has 0 bridgehead atoms. The Morgan fingerprint density at radius 1 is 1.00 bits per heavy atom. The molecule has 4 aromatic rings. The highest BCUT2D eigenvalue weighted by atomic mass is 16.5. The number of rotatable bonds is 7. The number of hydrogen-bond acceptors (Lipinski definition) is 8. The van der Waals surface area contributed by atoms with Crippen LogP contribution in [-0.2, 0) is 4.74 Å². The van der Waals surface area contributed by atoms with Crippen molar-refractivity contribution in [1.82, 2.24) is 19.8 Å². The summed E-state index contributed by atoms with van der Waals surface area (Å²) in [5, 5.41) is 8.47. The van der Waals surface area contributed by atoms with Gasteiger partial charge in [-0.3, -0.25) is 4.79 Å². The maximum Gasteiger partial charge on any atom is 0.358 e. The summed E-state index contributed by atoms with van der Waals surface area (Å²) in [4.78, 5) is 29.6. The largest absolute Gasteiger partial charge is 0.494 e. The van der Waals surface area contributed by atoms with Gasteiger partial charge in [0.25, 0.3) is 5.91 Å². The number of nitrogens with zero attached hydrogens (tertiary/aromatic N) is 5. The quantitative estimate of drug-likeness (QED) is 0.327. The molecule has 0 aliphatic carbocycles. The van der Waals surface area contributed by atoms with Gasteiger partial charge in [-0.05, 0) is 51.1 Å². The minimum Gasteiger partial charge on any atom is -0.494 e. The van der Waals surface area contributed by atoms with E-state index in [1.54, 1.807) is 38.6 Å². The number of anilines is 1. The van der Waals surface area contributed by atoms with Gasteiger partial charge in [0.15, 0.2) is 5.69 Å². The van der Waals surface area contributed by atoms with Gasteiger partial charge in [0.05, 0.1) is 25.1 Å². The van der Waals surface area contributed by atoms with Crippen LogP contribution in [0, 0.1) is 13.8 Å². The zero-order chi connectivity index (χ0) is 27.5. The van der Waals surface area contributed by atoms with E-state index >= 15 is 0 Å². The van der Waals surface area contributed by atoms with Gasteiger partial charge in [-0.2, -0.15) is 5.10 Å². The number of methoxy groups -OCH3 is 1. The van der Waals surface area contributed by atoms with Crippen molar-refractivity contribution in [2.24, 2.45) is 0 Å². The molecule has 0 atom stereocenters. The molecule has 1 aliphatic heterocycles. The molecule has 1 fully saturated rings. The summed E-state index contributed by atoms with van der Waals surface area (Å²) in [7, 11) is 1.60. The number of piperazine rings is 1. The smallest absolute Gasteiger partial charge is 0.358 e. The SMILES string of the molecule is CCOC(=O)c1cc(-c2ccc(N3CCN(C(=O)c4c(C)noc4C)CC3)cc2)n(-c2ccccc2OC)n1. The average molecular weight is 530 g/mol. The van der Waals surface area contributed by atoms with Gasteiger partial charge in [0.2, 0.25) is 0 Å². The van der Waals surface area contributed by atoms with E-state index in [2.05, 4.69) is 15.2 Å². The molecule has 2 aromatic carbocycles. The first-order valence-electron chi connectivity index (χ1n) is 12.9. The Balaban J connectivity index is 1.37. The Kier molecular flexibility index (Phi) is 7.36. The molecule has 3 heterocycles. The Bertz CT molecular complexity index is 1460. The lowest BCUT2D eigenvalue weighted by Crippen LogP contribution is -2.49. The number of aryl methyl sites for hydroxylation is 2. The first-order chi connectivity index (χ1) is 18.9. The minimum absolute atomic E-state index is 0.0387. The van der Waals surface area contributed by atoms with Crippen LogP contribution in [0.5, 0.6) is 5.75 Å². The molecule has 1 saturated heterocycles. The van der Waals surface area contributed by atoms with Crippen molar-refractivity contribution >= 4 is 17.6 Å². The monoisotopic (exact) mass is 529 g/mol. The van der Waals surface area contributed by atoms with Crippen LogP contribution in [0.2, 0.25) is 0 Å². The second-order valence-corrected chi connectivity index (χ2v) is 9.24. The maximum absolute atomic E-state index is 13.0. The molecule has 0 radical (unpaired) electrons. The van der Waals surface area contributed by atoms with Crippen LogP contribution in [-0.4, -0.2) is 71.6 Å². The molecule has 1 aliphatic rings. The Hall–Kier alpha value is -4.60. The summed E-state index contributed by atoms with van der Waals surface area (Å²) >= 11 is 0. The van der Waals surface area contributed by atoms with E-state index in [-0.39, 0.29) is 18.2 Å². The number of para-hydroxylation sites is 2. The van der Waals surface area contributed by atoms with Crippen LogP contribution in [0.15, 0.2) is 59.1 Å². The average Bonchev–Trinajstić information content (AvgIpc) is 3.56. The molecule has 5 rings (SSSR count). The van der Waals surface area contributed by atoms with Crippen molar-refractivity contribution in [3.63, 3.8) is 0 Å². The normalized spacial score (nSPS) is 13.4. The van der Waals surface area contributed by atoms with Gasteiger partial charge in [-0.1, -0.05) is 29.4 Å². The summed E-state index contributed by atoms with van der Waals surface area (Å²) < 4.78 is 17.6. The molecule has 39 heavy (non-hydrogen) atoms. The van der Waals surface area contributed by atoms with E-state index in [4.69, 9.17) is 14.0 Å². The predicted octanol–water partition coefficient (Wildman–Crippen LogP) is 4.29. The second-order valence-electron chi connectivity index (χ2n) is 9.24. The van der Waals surface area contributed by atoms with Crippen LogP contribution in [0.1, 0.15) is 39.2 Å². The van der Waals surface area contributed by atoms with Crippen molar-refractivity contribution in [3.8, 4) is 22.7 Å². The first kappa shape index (κ1) is 26.0. The molecule has 0 N–H and O–H groups in total. The van der Waals surface area contributed by atoms with E-state index in [1.807, 2.05) is 53.4 Å². The van der Waals surface area contributed by atoms with Gasteiger partial charge < -0.3 is 23.8 Å². The number of amides is 1. The fraction of sp³-hybridized carbons (Fsp3) is 0.310. The van der Waals surface area contributed by atoms with E-state index in [0.717, 1.165) is 16.9 Å². The lowest BCUT2D eigenvalue weighted by Gasteiger charge is -2.36. The molecule has 10 heteroatoms. The third-order valence-electron chi connectivity index (χ3n) is 6.85. The zero-order valence-corrected chi connectivity index (χ0v) is 22.5. The maximum atomic E-state index is 13.0. The fourth-order valence-electron chi connectivity index (χ4n) is 4.84. The highest BCUT2D eigenvalue weighted by Crippen LogP contribution is 2.31. The molecule has 2 aromatic heterocycles. The van der Waals surface area contributed by atoms with E-state index < -0.39 is 5.97 Å². The highest BCUT2D eigenvalue weighted by Gasteiger charge is 2.27. The number of hydrogen-bond donors (Lipinski definition) is 0. The van der Waals surface area contributed by atoms with Gasteiger partial charge in [0, 0.05) is 37.4 Å². The molecule has 1 amide bonds. The predicted molar refractivity (Wildman–Crippen MR) is 146 cm³/mol. The summed E-state index contributed by atoms with van der Waals surface area (Å²) in [6.07, 6.45) is 0. The van der Waals surface area contributed by atoms with E-state index in [9.17, 15) is 9.59 Å². The van der Waals surface area contributed by atoms with Crippen molar-refractivity contribution in [1.29, 1.82) is 0 Å². The standard InChI is InChI=1S/C29H31N5O5/c1-5-38-29(36)23-18-25(34(30-23)24-8-6-7-9-26(24)37-4)21-10-12-22(13-11-21)32-14-16-33(17-15-32)28(35)27-19(2)31-39-20(27)3/h6-13,18H,5,14-17H2,1-4H3. The number of carbonyl (C=O) groups excluding carboxylic acids is 2. The van der Waals surface area contributed by atoms with Gasteiger partial charge in [-0.25, -0.2) is 9.48 Å². The molecular weight excluding hydrogens is 498 g/mol. The third-order valence-corrected chi connectivity index (χ3v) is 6.85. The summed E-state index contributed by atoms with van der Waals surface area (Å²) in [5.74, 6) is 0.670. The fourth-order valence-corrected chi connectivity index (χ4v) is 4.84. The summed E-state index contributed by atoms with van der Waals surface area (Å²) in [5.41, 5.74) is 4.80. The summed E-state index contributed by atoms with van der Waals surface area (Å²) in [6.45, 7) is 8.21. The lowest BCUT2D eigenvalue weighted by molar-refractivity contribution is 0.0518. The topological polar surface area (TPSA) is 103 Å². The number of carbonyl (C=O) groups is 2. The van der Waals surface area contributed by atoms with Crippen molar-refractivity contribution in [3.05, 3.63) is 77.3 Å². The Morgan fingerprint density at radius 2 is 1.72 bits per heavy atom. The van der Waals surface area contributed by atoms with Crippen LogP contribution >= 0.6 is 0 Å². The minimum atomic E-state index is -0.479. The van der Waals surface area contributed by atoms with Gasteiger partial charge in [0.1, 0.15) is 22.8 Å². The van der Waals surface area contributed by atoms with E-state index in [1.165, 1.54) is 0 Å². The molecule has 202 valence electrons. The molecule has 10 nitrogen and oxygen atoms in total. The van der Waals surface area contributed by atoms with Gasteiger partial charge in [-0.15, -0.1) is 0 Å². The van der Waals surface area contributed by atoms with Gasteiger partial charge >= 0.3 is 5.97 Å². The Morgan fingerprint density at radius 3 is 2.36 bits per heavy atom.